The summed E-state index contributed by atoms with van der Waals surface area (Å²) in [5.74, 6) is -2.01. The molecule has 2 aliphatic heterocycles. The Bertz CT molecular complexity index is 2130. The van der Waals surface area contributed by atoms with Gasteiger partial charge in [0.2, 0.25) is 0 Å². The molecule has 0 fully saturated rings. The number of hydrogen-bond acceptors (Lipinski definition) is 14. The Kier molecular flexibility index (Phi) is 13.9. The van der Waals surface area contributed by atoms with E-state index in [4.69, 9.17) is 28.9 Å². The lowest BCUT2D eigenvalue weighted by atomic mass is 9.78. The molecule has 3 aromatic heterocycles. The minimum absolute atomic E-state index is 0.00302. The van der Waals surface area contributed by atoms with Gasteiger partial charge in [0, 0.05) is 47.8 Å². The number of aromatic nitrogens is 4. The van der Waals surface area contributed by atoms with Gasteiger partial charge in [-0.15, -0.1) is 0 Å². The maximum Gasteiger partial charge on any atom is 0.306 e. The quantitative estimate of drug-likeness (QED) is 0.0839. The van der Waals surface area contributed by atoms with E-state index in [1.165, 1.54) is 13.8 Å². The Morgan fingerprint density at radius 3 is 1.13 bits per heavy atom. The highest BCUT2D eigenvalue weighted by Gasteiger charge is 2.55. The lowest BCUT2D eigenvalue weighted by Gasteiger charge is -2.35. The summed E-state index contributed by atoms with van der Waals surface area (Å²) in [7, 11) is 0. The molecule has 0 aromatic carbocycles. The Morgan fingerprint density at radius 1 is 0.517 bits per heavy atom. The molecular formula is C44H58N4O12. The van der Waals surface area contributed by atoms with Crippen LogP contribution in [0.1, 0.15) is 125 Å². The van der Waals surface area contributed by atoms with Crippen LogP contribution in [0.5, 0.6) is 0 Å². The predicted molar refractivity (Wildman–Crippen MR) is 219 cm³/mol. The summed E-state index contributed by atoms with van der Waals surface area (Å²) in [6.45, 7) is 13.8. The Morgan fingerprint density at radius 2 is 0.817 bits per heavy atom. The van der Waals surface area contributed by atoms with Gasteiger partial charge < -0.3 is 49.3 Å². The van der Waals surface area contributed by atoms with Gasteiger partial charge in [0.1, 0.15) is 22.4 Å². The molecular weight excluding hydrogens is 776 g/mol. The number of H-pyrrole nitrogens is 2. The molecule has 60 heavy (non-hydrogen) atoms. The smallest absolute Gasteiger partial charge is 0.306 e. The second-order valence-corrected chi connectivity index (χ2v) is 15.5. The van der Waals surface area contributed by atoms with E-state index in [1.807, 2.05) is 0 Å². The van der Waals surface area contributed by atoms with Gasteiger partial charge in [-0.25, -0.2) is 0 Å². The van der Waals surface area contributed by atoms with Gasteiger partial charge in [0.25, 0.3) is 0 Å². The molecule has 0 radical (unpaired) electrons. The van der Waals surface area contributed by atoms with E-state index in [1.54, 1.807) is 65.8 Å². The molecule has 4 unspecified atom stereocenters. The summed E-state index contributed by atoms with van der Waals surface area (Å²) in [6, 6.07) is 6.26. The summed E-state index contributed by atoms with van der Waals surface area (Å²) in [5, 5.41) is 49.7. The van der Waals surface area contributed by atoms with Crippen molar-refractivity contribution >= 4 is 45.9 Å². The van der Waals surface area contributed by atoms with E-state index in [0.29, 0.717) is 44.3 Å². The third-order valence-corrected chi connectivity index (χ3v) is 11.7. The van der Waals surface area contributed by atoms with Crippen LogP contribution in [-0.2, 0) is 73.4 Å². The highest BCUT2D eigenvalue weighted by Crippen LogP contribution is 2.49. The molecule has 2 aliphatic rings. The Hall–Kier alpha value is -5.16. The third kappa shape index (κ3) is 8.83. The second-order valence-electron chi connectivity index (χ2n) is 15.5. The molecule has 3 aromatic rings. The summed E-state index contributed by atoms with van der Waals surface area (Å²) in [4.78, 5) is 66.8. The number of esters is 4. The van der Waals surface area contributed by atoms with Crippen LogP contribution in [0, 0.1) is 13.8 Å². The van der Waals surface area contributed by atoms with Crippen molar-refractivity contribution in [2.24, 2.45) is 0 Å². The van der Waals surface area contributed by atoms with Crippen molar-refractivity contribution < 1.29 is 58.6 Å². The van der Waals surface area contributed by atoms with E-state index in [-0.39, 0.29) is 101 Å². The number of nitrogens with one attached hydrogen (secondary N) is 2. The maximum absolute atomic E-state index is 12.7. The Balaban J connectivity index is 1.91. The molecule has 0 saturated carbocycles. The van der Waals surface area contributed by atoms with Crippen molar-refractivity contribution in [2.45, 2.75) is 129 Å². The first-order valence-corrected chi connectivity index (χ1v) is 20.5. The van der Waals surface area contributed by atoms with Crippen molar-refractivity contribution in [1.29, 1.82) is 0 Å². The van der Waals surface area contributed by atoms with Crippen molar-refractivity contribution in [2.75, 3.05) is 26.4 Å². The first-order chi connectivity index (χ1) is 28.3. The van der Waals surface area contributed by atoms with Gasteiger partial charge in [-0.05, 0) is 128 Å². The highest BCUT2D eigenvalue weighted by atomic mass is 16.5. The van der Waals surface area contributed by atoms with Crippen molar-refractivity contribution in [3.63, 3.8) is 0 Å². The van der Waals surface area contributed by atoms with Crippen LogP contribution in [0.2, 0.25) is 0 Å². The van der Waals surface area contributed by atoms with Gasteiger partial charge in [-0.2, -0.15) is 0 Å². The monoisotopic (exact) mass is 834 g/mol. The van der Waals surface area contributed by atoms with Crippen LogP contribution in [0.3, 0.4) is 0 Å². The zero-order valence-electron chi connectivity index (χ0n) is 35.7. The number of fused-ring (bicyclic) bond motifs is 8. The second kappa shape index (κ2) is 18.2. The van der Waals surface area contributed by atoms with Crippen molar-refractivity contribution in [3.05, 3.63) is 69.3 Å². The minimum atomic E-state index is -2.12. The molecule has 0 spiro atoms. The fourth-order valence-electron chi connectivity index (χ4n) is 8.01. The summed E-state index contributed by atoms with van der Waals surface area (Å²) >= 11 is 0. The van der Waals surface area contributed by atoms with E-state index in [2.05, 4.69) is 9.97 Å². The molecule has 4 atom stereocenters. The third-order valence-electron chi connectivity index (χ3n) is 11.7. The van der Waals surface area contributed by atoms with Gasteiger partial charge in [0.05, 0.1) is 49.2 Å². The fourth-order valence-corrected chi connectivity index (χ4v) is 8.01. The first kappa shape index (κ1) is 45.9. The average molecular weight is 835 g/mol. The number of aromatic amines is 2. The molecule has 5 heterocycles. The van der Waals surface area contributed by atoms with E-state index >= 15 is 0 Å². The number of nitrogens with zero attached hydrogens (tertiary/aromatic N) is 2. The summed E-state index contributed by atoms with van der Waals surface area (Å²) in [5.41, 5.74) is -4.02. The SMILES string of the molecule is CCOC(=O)CCc1c(C)c2cc3nc(cc4[nH]c(cc5nc(cc1[nH]2)C(C)(O)C5(O)CCC(=O)OCC)c(C)c4CCC(=O)OCC)C(C)(O)C3(O)CCC(=O)OCC. The first-order valence-electron chi connectivity index (χ1n) is 20.5. The van der Waals surface area contributed by atoms with Crippen molar-refractivity contribution in [3.8, 4) is 0 Å². The van der Waals surface area contributed by atoms with Gasteiger partial charge in [-0.1, -0.05) is 0 Å². The number of aliphatic hydroxyl groups is 4. The number of carbonyl (C=O) groups is 4. The maximum atomic E-state index is 12.7. The van der Waals surface area contributed by atoms with Crippen LogP contribution in [0.4, 0.5) is 0 Å². The fraction of sp³-hybridized carbons (Fsp3) is 0.545. The van der Waals surface area contributed by atoms with Crippen LogP contribution >= 0.6 is 0 Å². The molecule has 326 valence electrons. The molecule has 0 amide bonds. The average Bonchev–Trinajstić information content (AvgIpc) is 3.76. The molecule has 5 rings (SSSR count). The van der Waals surface area contributed by atoms with E-state index in [0.717, 1.165) is 0 Å². The van der Waals surface area contributed by atoms with E-state index in [9.17, 15) is 39.6 Å². The minimum Gasteiger partial charge on any atom is -0.466 e. The topological polar surface area (TPSA) is 243 Å². The number of rotatable bonds is 16. The Labute approximate surface area is 348 Å². The standard InChI is InChI=1S/C44H58N4O12/c1-9-57-37(49)15-13-27-25(5)29-21-35-43(55,19-17-39(51)59-11-3)42(8,54)34(48-35)24-32-28(14-16-38(50)58-10-2)26(6)30(46-32)22-36-44(56,20-18-40(52)60-12-4)41(7,53)33(47-36)23-31(27)45-29/h21-24,45-46,53-56H,9-20H2,1-8H3. The number of ether oxygens (including phenoxy) is 4. The van der Waals surface area contributed by atoms with Crippen LogP contribution in [-0.4, -0.2) is 90.7 Å². The molecule has 8 bridgehead atoms. The highest BCUT2D eigenvalue weighted by molar-refractivity contribution is 5.77. The number of hydrogen-bond donors (Lipinski definition) is 6. The lowest BCUT2D eigenvalue weighted by molar-refractivity contribution is -0.162. The van der Waals surface area contributed by atoms with Crippen LogP contribution < -0.4 is 0 Å². The summed E-state index contributed by atoms with van der Waals surface area (Å²) in [6.07, 6.45) is -0.632. The number of aryl methyl sites for hydroxylation is 4. The molecule has 6 N–H and O–H groups in total. The molecule has 0 saturated heterocycles. The lowest BCUT2D eigenvalue weighted by Crippen LogP contribution is -2.44. The van der Waals surface area contributed by atoms with Gasteiger partial charge in [-0.3, -0.25) is 29.1 Å². The number of carbonyl (C=O) groups excluding carboxylic acids is 4. The molecule has 0 aliphatic carbocycles. The van der Waals surface area contributed by atoms with Gasteiger partial charge in [0.15, 0.2) is 0 Å². The van der Waals surface area contributed by atoms with E-state index < -0.39 is 46.3 Å². The van der Waals surface area contributed by atoms with Crippen LogP contribution in [0.15, 0.2) is 24.3 Å². The van der Waals surface area contributed by atoms with Crippen molar-refractivity contribution in [1.82, 2.24) is 19.9 Å². The summed E-state index contributed by atoms with van der Waals surface area (Å²) < 4.78 is 20.7. The molecule has 16 nitrogen and oxygen atoms in total. The van der Waals surface area contributed by atoms with Crippen LogP contribution in [0.25, 0.3) is 22.1 Å². The zero-order chi connectivity index (χ0) is 44.2. The molecule has 16 heteroatoms. The largest absolute Gasteiger partial charge is 0.466 e. The zero-order valence-corrected chi connectivity index (χ0v) is 35.7. The normalized spacial score (nSPS) is 22.3. The predicted octanol–water partition coefficient (Wildman–Crippen LogP) is 4.80. The van der Waals surface area contributed by atoms with Gasteiger partial charge >= 0.3 is 23.9 Å².